The number of benzene rings is 2. The van der Waals surface area contributed by atoms with Gasteiger partial charge in [-0.3, -0.25) is 9.59 Å². The minimum absolute atomic E-state index is 0.0408. The lowest BCUT2D eigenvalue weighted by molar-refractivity contribution is -0.124. The van der Waals surface area contributed by atoms with E-state index in [1.807, 2.05) is 37.3 Å². The van der Waals surface area contributed by atoms with Gasteiger partial charge in [0, 0.05) is 12.1 Å². The average Bonchev–Trinajstić information content (AvgIpc) is 2.61. The van der Waals surface area contributed by atoms with Gasteiger partial charge in [0.15, 0.2) is 0 Å². The van der Waals surface area contributed by atoms with Crippen LogP contribution in [0.3, 0.4) is 0 Å². The predicted molar refractivity (Wildman–Crippen MR) is 94.0 cm³/mol. The maximum Gasteiger partial charge on any atom is 0.243 e. The summed E-state index contributed by atoms with van der Waals surface area (Å²) in [5, 5.41) is 5.36. The molecule has 0 atom stereocenters. The third-order valence-corrected chi connectivity index (χ3v) is 3.38. The largest absolute Gasteiger partial charge is 0.494 e. The van der Waals surface area contributed by atoms with E-state index in [2.05, 4.69) is 10.6 Å². The van der Waals surface area contributed by atoms with Crippen molar-refractivity contribution in [2.24, 2.45) is 0 Å². The Morgan fingerprint density at radius 1 is 0.958 bits per heavy atom. The maximum atomic E-state index is 11.8. The number of anilines is 1. The third kappa shape index (κ3) is 6.12. The van der Waals surface area contributed by atoms with Crippen molar-refractivity contribution in [2.75, 3.05) is 18.5 Å². The van der Waals surface area contributed by atoms with Crippen molar-refractivity contribution in [1.82, 2.24) is 5.32 Å². The molecular weight excluding hydrogens is 304 g/mol. The predicted octanol–water partition coefficient (Wildman–Crippen LogP) is 2.77. The van der Waals surface area contributed by atoms with Gasteiger partial charge in [-0.2, -0.15) is 0 Å². The van der Waals surface area contributed by atoms with E-state index in [9.17, 15) is 9.59 Å². The Bertz CT molecular complexity index is 654. The summed E-state index contributed by atoms with van der Waals surface area (Å²) in [6.07, 6.45) is 1.02. The fraction of sp³-hybridized carbons (Fsp3) is 0.263. The van der Waals surface area contributed by atoms with Crippen molar-refractivity contribution in [2.45, 2.75) is 19.8 Å². The molecule has 5 heteroatoms. The Labute approximate surface area is 142 Å². The molecule has 2 amide bonds. The van der Waals surface area contributed by atoms with Crippen LogP contribution in [0.4, 0.5) is 5.69 Å². The van der Waals surface area contributed by atoms with Gasteiger partial charge in [-0.05, 0) is 43.2 Å². The van der Waals surface area contributed by atoms with Crippen LogP contribution in [0.5, 0.6) is 5.75 Å². The van der Waals surface area contributed by atoms with Crippen molar-refractivity contribution in [1.29, 1.82) is 0 Å². The van der Waals surface area contributed by atoms with Crippen molar-refractivity contribution in [3.63, 3.8) is 0 Å². The average molecular weight is 326 g/mol. The number of carbonyl (C=O) groups is 2. The second-order valence-corrected chi connectivity index (χ2v) is 5.27. The number of hydrogen-bond donors (Lipinski definition) is 2. The number of hydrogen-bond acceptors (Lipinski definition) is 3. The standard InChI is InChI=1S/C19H22N2O3/c1-2-24-17-11-9-16(10-12-17)21-19(23)14-20-18(22)13-8-15-6-4-3-5-7-15/h3-7,9-12H,2,8,13-14H2,1H3,(H,20,22)(H,21,23). The highest BCUT2D eigenvalue weighted by atomic mass is 16.5. The zero-order chi connectivity index (χ0) is 17.2. The first-order valence-electron chi connectivity index (χ1n) is 8.00. The van der Waals surface area contributed by atoms with Crippen molar-refractivity contribution in [3.8, 4) is 5.75 Å². The molecule has 5 nitrogen and oxygen atoms in total. The van der Waals surface area contributed by atoms with Gasteiger partial charge in [0.2, 0.25) is 11.8 Å². The first kappa shape index (κ1) is 17.5. The first-order chi connectivity index (χ1) is 11.7. The lowest BCUT2D eigenvalue weighted by Crippen LogP contribution is -2.32. The number of nitrogens with one attached hydrogen (secondary N) is 2. The highest BCUT2D eigenvalue weighted by Gasteiger charge is 2.06. The maximum absolute atomic E-state index is 11.8. The summed E-state index contributed by atoms with van der Waals surface area (Å²) in [5.41, 5.74) is 1.77. The van der Waals surface area contributed by atoms with Crippen LogP contribution in [0.15, 0.2) is 54.6 Å². The summed E-state index contributed by atoms with van der Waals surface area (Å²) >= 11 is 0. The molecule has 2 aromatic carbocycles. The van der Waals surface area contributed by atoms with Gasteiger partial charge in [0.1, 0.15) is 5.75 Å². The molecule has 0 spiro atoms. The van der Waals surface area contributed by atoms with Crippen molar-refractivity contribution in [3.05, 3.63) is 60.2 Å². The molecule has 0 radical (unpaired) electrons. The van der Waals surface area contributed by atoms with Gasteiger partial charge < -0.3 is 15.4 Å². The Morgan fingerprint density at radius 3 is 2.33 bits per heavy atom. The van der Waals surface area contributed by atoms with Gasteiger partial charge in [0.25, 0.3) is 0 Å². The van der Waals surface area contributed by atoms with E-state index in [4.69, 9.17) is 4.74 Å². The molecule has 2 aromatic rings. The van der Waals surface area contributed by atoms with Gasteiger partial charge in [-0.15, -0.1) is 0 Å². The van der Waals surface area contributed by atoms with Gasteiger partial charge >= 0.3 is 0 Å². The Hall–Kier alpha value is -2.82. The van der Waals surface area contributed by atoms with Gasteiger partial charge in [0.05, 0.1) is 13.2 Å². The summed E-state index contributed by atoms with van der Waals surface area (Å²) in [4.78, 5) is 23.6. The highest BCUT2D eigenvalue weighted by molar-refractivity contribution is 5.94. The van der Waals surface area contributed by atoms with E-state index in [0.29, 0.717) is 25.1 Å². The number of aryl methyl sites for hydroxylation is 1. The minimum Gasteiger partial charge on any atom is -0.494 e. The fourth-order valence-electron chi connectivity index (χ4n) is 2.18. The Balaban J connectivity index is 1.69. The van der Waals surface area contributed by atoms with Gasteiger partial charge in [-0.25, -0.2) is 0 Å². The molecular formula is C19H22N2O3. The van der Waals surface area contributed by atoms with Crippen LogP contribution in [0.2, 0.25) is 0 Å². The molecule has 0 aliphatic rings. The van der Waals surface area contributed by atoms with Crippen LogP contribution < -0.4 is 15.4 Å². The number of carbonyl (C=O) groups excluding carboxylic acids is 2. The molecule has 0 heterocycles. The minimum atomic E-state index is -0.257. The quantitative estimate of drug-likeness (QED) is 0.784. The molecule has 0 aliphatic heterocycles. The van der Waals surface area contributed by atoms with Crippen LogP contribution in [-0.2, 0) is 16.0 Å². The van der Waals surface area contributed by atoms with Crippen molar-refractivity contribution < 1.29 is 14.3 Å². The van der Waals surface area contributed by atoms with E-state index in [1.165, 1.54) is 0 Å². The molecule has 0 saturated heterocycles. The summed E-state index contributed by atoms with van der Waals surface area (Å²) in [5.74, 6) is 0.359. The summed E-state index contributed by atoms with van der Waals surface area (Å²) < 4.78 is 5.34. The molecule has 0 fully saturated rings. The summed E-state index contributed by atoms with van der Waals surface area (Å²) in [6.45, 7) is 2.47. The van der Waals surface area contributed by atoms with Crippen LogP contribution in [0, 0.1) is 0 Å². The van der Waals surface area contributed by atoms with Crippen LogP contribution in [0.1, 0.15) is 18.9 Å². The smallest absolute Gasteiger partial charge is 0.243 e. The summed E-state index contributed by atoms with van der Waals surface area (Å²) in [7, 11) is 0. The van der Waals surface area contributed by atoms with Crippen LogP contribution in [0.25, 0.3) is 0 Å². The van der Waals surface area contributed by atoms with Crippen LogP contribution >= 0.6 is 0 Å². The van der Waals surface area contributed by atoms with E-state index in [0.717, 1.165) is 11.3 Å². The zero-order valence-corrected chi connectivity index (χ0v) is 13.7. The lowest BCUT2D eigenvalue weighted by Gasteiger charge is -2.08. The fourth-order valence-corrected chi connectivity index (χ4v) is 2.18. The van der Waals surface area contributed by atoms with Gasteiger partial charge in [-0.1, -0.05) is 30.3 Å². The second kappa shape index (κ2) is 9.35. The van der Waals surface area contributed by atoms with E-state index in [-0.39, 0.29) is 18.4 Å². The summed E-state index contributed by atoms with van der Waals surface area (Å²) in [6, 6.07) is 16.9. The molecule has 126 valence electrons. The number of rotatable bonds is 8. The normalized spacial score (nSPS) is 10.0. The first-order valence-corrected chi connectivity index (χ1v) is 8.00. The Kier molecular flexibility index (Phi) is 6.83. The van der Waals surface area contributed by atoms with Crippen molar-refractivity contribution >= 4 is 17.5 Å². The van der Waals surface area contributed by atoms with Crippen LogP contribution in [-0.4, -0.2) is 25.0 Å². The van der Waals surface area contributed by atoms with E-state index in [1.54, 1.807) is 24.3 Å². The number of ether oxygens (including phenoxy) is 1. The molecule has 0 bridgehead atoms. The molecule has 24 heavy (non-hydrogen) atoms. The molecule has 0 saturated carbocycles. The monoisotopic (exact) mass is 326 g/mol. The molecule has 2 rings (SSSR count). The molecule has 0 aliphatic carbocycles. The highest BCUT2D eigenvalue weighted by Crippen LogP contribution is 2.15. The zero-order valence-electron chi connectivity index (χ0n) is 13.7. The molecule has 2 N–H and O–H groups in total. The number of amides is 2. The Morgan fingerprint density at radius 2 is 1.67 bits per heavy atom. The molecule has 0 unspecified atom stereocenters. The van der Waals surface area contributed by atoms with E-state index >= 15 is 0 Å². The topological polar surface area (TPSA) is 67.4 Å². The third-order valence-electron chi connectivity index (χ3n) is 3.38. The van der Waals surface area contributed by atoms with E-state index < -0.39 is 0 Å². The molecule has 0 aromatic heterocycles. The lowest BCUT2D eigenvalue weighted by atomic mass is 10.1. The SMILES string of the molecule is CCOc1ccc(NC(=O)CNC(=O)CCc2ccccc2)cc1. The second-order valence-electron chi connectivity index (χ2n) is 5.27.